The lowest BCUT2D eigenvalue weighted by molar-refractivity contribution is 0.484. The van der Waals surface area contributed by atoms with Crippen LogP contribution in [0.4, 0.5) is 0 Å². The van der Waals surface area contributed by atoms with Gasteiger partial charge in [0, 0.05) is 12.5 Å². The molecule has 0 unspecified atom stereocenters. The van der Waals surface area contributed by atoms with Gasteiger partial charge in [0.1, 0.15) is 5.75 Å². The van der Waals surface area contributed by atoms with E-state index in [9.17, 15) is 0 Å². The Kier molecular flexibility index (Phi) is 6.44. The van der Waals surface area contributed by atoms with Crippen molar-refractivity contribution < 1.29 is 4.43 Å². The fraction of sp³-hybridized carbons (Fsp3) is 0.474. The lowest BCUT2D eigenvalue weighted by Gasteiger charge is -2.42. The Morgan fingerprint density at radius 1 is 0.783 bits per heavy atom. The molecule has 0 aliphatic rings. The molecule has 0 atom stereocenters. The molecule has 2 aromatic carbocycles. The zero-order valence-corrected chi connectivity index (χ0v) is 20.1. The number of benzene rings is 2. The molecule has 0 aliphatic carbocycles. The monoisotopic (exact) mass is 552 g/mol. The van der Waals surface area contributed by atoms with Gasteiger partial charge in [-0.1, -0.05) is 41.5 Å². The van der Waals surface area contributed by atoms with E-state index in [0.717, 1.165) is 5.75 Å². The average molecular weight is 552 g/mol. The van der Waals surface area contributed by atoms with Crippen molar-refractivity contribution >= 4 is 64.3 Å². The minimum Gasteiger partial charge on any atom is -0.542 e. The Bertz CT molecular complexity index is 668. The number of fused-ring (bicyclic) bond motifs is 1. The predicted octanol–water partition coefficient (Wildman–Crippen LogP) is 7.60. The van der Waals surface area contributed by atoms with E-state index in [1.165, 1.54) is 17.9 Å². The molecule has 0 radical (unpaired) electrons. The van der Waals surface area contributed by atoms with Gasteiger partial charge in [0.25, 0.3) is 8.32 Å². The first-order valence-electron chi connectivity index (χ1n) is 8.26. The summed E-state index contributed by atoms with van der Waals surface area (Å²) in [6.45, 7) is 14.0. The molecule has 2 rings (SSSR count). The fourth-order valence-electron chi connectivity index (χ4n) is 3.90. The largest absolute Gasteiger partial charge is 0.542 e. The van der Waals surface area contributed by atoms with Crippen molar-refractivity contribution in [1.82, 2.24) is 0 Å². The van der Waals surface area contributed by atoms with Crippen LogP contribution in [0.3, 0.4) is 0 Å². The lowest BCUT2D eigenvalue weighted by atomic mass is 10.1. The lowest BCUT2D eigenvalue weighted by Crippen LogP contribution is -2.50. The molecule has 0 saturated heterocycles. The first-order valence-corrected chi connectivity index (χ1v) is 12.6. The van der Waals surface area contributed by atoms with Crippen LogP contribution in [0.5, 0.6) is 5.75 Å². The van der Waals surface area contributed by atoms with Crippen LogP contribution < -0.4 is 4.43 Å². The van der Waals surface area contributed by atoms with E-state index in [0.29, 0.717) is 16.6 Å². The number of halogens is 2. The molecule has 0 aromatic heterocycles. The van der Waals surface area contributed by atoms with Crippen LogP contribution in [0.2, 0.25) is 16.6 Å². The van der Waals surface area contributed by atoms with Crippen molar-refractivity contribution in [3.63, 3.8) is 0 Å². The second kappa shape index (κ2) is 7.60. The van der Waals surface area contributed by atoms with Crippen molar-refractivity contribution in [3.8, 4) is 5.75 Å². The number of hydrogen-bond donors (Lipinski definition) is 0. The minimum atomic E-state index is -1.93. The van der Waals surface area contributed by atoms with Crippen LogP contribution in [0, 0.1) is 7.14 Å². The molecule has 126 valence electrons. The van der Waals surface area contributed by atoms with Gasteiger partial charge < -0.3 is 4.43 Å². The normalized spacial score (nSPS) is 12.7. The Labute approximate surface area is 169 Å². The molecular formula is C19H26I2OSi. The number of hydrogen-bond acceptors (Lipinski definition) is 1. The van der Waals surface area contributed by atoms with Gasteiger partial charge >= 0.3 is 0 Å². The van der Waals surface area contributed by atoms with E-state index in [2.05, 4.69) is 117 Å². The van der Waals surface area contributed by atoms with Crippen molar-refractivity contribution in [3.05, 3.63) is 37.5 Å². The molecule has 0 N–H and O–H groups in total. The minimum absolute atomic E-state index is 0.583. The maximum Gasteiger partial charge on any atom is 0.258 e. The van der Waals surface area contributed by atoms with Gasteiger partial charge in [0.15, 0.2) is 0 Å². The van der Waals surface area contributed by atoms with Crippen molar-refractivity contribution in [2.24, 2.45) is 0 Å². The highest BCUT2D eigenvalue weighted by Gasteiger charge is 2.47. The van der Waals surface area contributed by atoms with Crippen LogP contribution in [0.1, 0.15) is 41.5 Å². The molecule has 0 bridgehead atoms. The molecule has 0 aliphatic heterocycles. The van der Waals surface area contributed by atoms with E-state index >= 15 is 0 Å². The summed E-state index contributed by atoms with van der Waals surface area (Å²) < 4.78 is 9.46. The maximum absolute atomic E-state index is 6.95. The third-order valence-electron chi connectivity index (χ3n) is 4.84. The molecule has 0 spiro atoms. The summed E-state index contributed by atoms with van der Waals surface area (Å²) >= 11 is 4.78. The van der Waals surface area contributed by atoms with Gasteiger partial charge in [-0.25, -0.2) is 0 Å². The molecule has 0 heterocycles. The van der Waals surface area contributed by atoms with Crippen LogP contribution in [-0.2, 0) is 0 Å². The van der Waals surface area contributed by atoms with Gasteiger partial charge in [0.2, 0.25) is 0 Å². The van der Waals surface area contributed by atoms with Gasteiger partial charge in [-0.2, -0.15) is 0 Å². The summed E-state index contributed by atoms with van der Waals surface area (Å²) in [6.07, 6.45) is 0. The van der Waals surface area contributed by atoms with Crippen molar-refractivity contribution in [1.29, 1.82) is 0 Å². The van der Waals surface area contributed by atoms with E-state index in [4.69, 9.17) is 4.43 Å². The van der Waals surface area contributed by atoms with Gasteiger partial charge in [-0.3, -0.25) is 0 Å². The molecule has 4 heteroatoms. The first kappa shape index (κ1) is 19.5. The van der Waals surface area contributed by atoms with Crippen LogP contribution in [0.15, 0.2) is 30.3 Å². The fourth-order valence-corrected chi connectivity index (χ4v) is 10.3. The Hall–Kier alpha value is 0.177. The molecule has 23 heavy (non-hydrogen) atoms. The summed E-state index contributed by atoms with van der Waals surface area (Å²) in [6, 6.07) is 11.1. The van der Waals surface area contributed by atoms with Crippen LogP contribution in [-0.4, -0.2) is 8.32 Å². The second-order valence-electron chi connectivity index (χ2n) is 7.19. The summed E-state index contributed by atoms with van der Waals surface area (Å²) in [5, 5.41) is 2.52. The van der Waals surface area contributed by atoms with Crippen LogP contribution in [0.25, 0.3) is 10.8 Å². The molecule has 2 aromatic rings. The van der Waals surface area contributed by atoms with Crippen molar-refractivity contribution in [2.45, 2.75) is 58.2 Å². The third-order valence-corrected chi connectivity index (χ3v) is 12.1. The Morgan fingerprint density at radius 2 is 1.30 bits per heavy atom. The van der Waals surface area contributed by atoms with E-state index in [-0.39, 0.29) is 0 Å². The van der Waals surface area contributed by atoms with Gasteiger partial charge in [-0.15, -0.1) is 0 Å². The maximum atomic E-state index is 6.95. The summed E-state index contributed by atoms with van der Waals surface area (Å²) in [7, 11) is -1.93. The molecular weight excluding hydrogens is 526 g/mol. The van der Waals surface area contributed by atoms with E-state index in [1.54, 1.807) is 0 Å². The first-order chi connectivity index (χ1) is 10.7. The Balaban J connectivity index is 2.63. The molecule has 0 saturated carbocycles. The number of rotatable bonds is 5. The molecule has 0 fully saturated rings. The smallest absolute Gasteiger partial charge is 0.258 e. The third kappa shape index (κ3) is 3.89. The van der Waals surface area contributed by atoms with Crippen LogP contribution >= 0.6 is 45.2 Å². The summed E-state index contributed by atoms with van der Waals surface area (Å²) in [5.74, 6) is 1.08. The molecule has 0 amide bonds. The standard InChI is InChI=1S/C19H26I2OSi/c1-12(2)23(13(3)4,14(5)6)22-19-11-17(21)10-15-9-16(20)7-8-18(15)19/h7-14H,1-6H3. The second-order valence-corrected chi connectivity index (χ2v) is 15.1. The quantitative estimate of drug-likeness (QED) is 0.274. The summed E-state index contributed by atoms with van der Waals surface area (Å²) in [4.78, 5) is 0. The highest BCUT2D eigenvalue weighted by atomic mass is 127. The SMILES string of the molecule is CC(C)[Si](Oc1cc(I)cc2cc(I)ccc12)(C(C)C)C(C)C. The van der Waals surface area contributed by atoms with E-state index < -0.39 is 8.32 Å². The Morgan fingerprint density at radius 3 is 1.83 bits per heavy atom. The highest BCUT2D eigenvalue weighted by Crippen LogP contribution is 2.44. The highest BCUT2D eigenvalue weighted by molar-refractivity contribution is 14.1. The molecule has 1 nitrogen and oxygen atoms in total. The zero-order chi connectivity index (χ0) is 17.4. The zero-order valence-electron chi connectivity index (χ0n) is 14.8. The van der Waals surface area contributed by atoms with E-state index in [1.807, 2.05) is 0 Å². The summed E-state index contributed by atoms with van der Waals surface area (Å²) in [5.41, 5.74) is 1.75. The topological polar surface area (TPSA) is 9.23 Å². The predicted molar refractivity (Wildman–Crippen MR) is 121 cm³/mol. The van der Waals surface area contributed by atoms with Crippen molar-refractivity contribution in [2.75, 3.05) is 0 Å². The van der Waals surface area contributed by atoms with Gasteiger partial charge in [-0.05, 0) is 97.5 Å². The average Bonchev–Trinajstić information content (AvgIpc) is 2.42. The van der Waals surface area contributed by atoms with Gasteiger partial charge in [0.05, 0.1) is 0 Å².